The monoisotopic (exact) mass is 275 g/mol. The molecule has 108 valence electrons. The fourth-order valence-electron chi connectivity index (χ4n) is 2.57. The quantitative estimate of drug-likeness (QED) is 0.891. The molecule has 1 N–H and O–H groups in total. The Morgan fingerprint density at radius 1 is 1.40 bits per heavy atom. The van der Waals surface area contributed by atoms with Crippen molar-refractivity contribution in [3.05, 3.63) is 35.3 Å². The summed E-state index contributed by atoms with van der Waals surface area (Å²) in [6, 6.07) is 2.16. The first kappa shape index (κ1) is 13.3. The predicted octanol–water partition coefficient (Wildman–Crippen LogP) is 1.30. The average molecular weight is 275 g/mol. The van der Waals surface area contributed by atoms with Gasteiger partial charge in [0.05, 0.1) is 13.1 Å². The SMILES string of the molecule is CCNCc1cc(CN2CCn3cnnc3C2)oc1C. The van der Waals surface area contributed by atoms with Crippen molar-refractivity contribution in [1.29, 1.82) is 0 Å². The summed E-state index contributed by atoms with van der Waals surface area (Å²) < 4.78 is 7.97. The zero-order valence-corrected chi connectivity index (χ0v) is 12.1. The molecule has 0 aromatic carbocycles. The highest BCUT2D eigenvalue weighted by Crippen LogP contribution is 2.18. The number of fused-ring (bicyclic) bond motifs is 1. The summed E-state index contributed by atoms with van der Waals surface area (Å²) in [5, 5.41) is 11.4. The lowest BCUT2D eigenvalue weighted by Gasteiger charge is -2.25. The van der Waals surface area contributed by atoms with Crippen molar-refractivity contribution in [3.63, 3.8) is 0 Å². The lowest BCUT2D eigenvalue weighted by Crippen LogP contribution is -2.33. The number of hydrogen-bond donors (Lipinski definition) is 1. The third-order valence-electron chi connectivity index (χ3n) is 3.73. The maximum absolute atomic E-state index is 5.86. The van der Waals surface area contributed by atoms with Crippen LogP contribution in [0.4, 0.5) is 0 Å². The Balaban J connectivity index is 1.64. The molecular weight excluding hydrogens is 254 g/mol. The Labute approximate surface area is 118 Å². The van der Waals surface area contributed by atoms with Crippen molar-refractivity contribution in [2.75, 3.05) is 13.1 Å². The van der Waals surface area contributed by atoms with Gasteiger partial charge < -0.3 is 14.3 Å². The maximum atomic E-state index is 5.86. The van der Waals surface area contributed by atoms with E-state index in [0.29, 0.717) is 0 Å². The summed E-state index contributed by atoms with van der Waals surface area (Å²) >= 11 is 0. The molecule has 0 radical (unpaired) electrons. The van der Waals surface area contributed by atoms with E-state index in [1.54, 1.807) is 6.33 Å². The minimum absolute atomic E-state index is 0.833. The molecule has 6 heteroatoms. The minimum Gasteiger partial charge on any atom is -0.465 e. The largest absolute Gasteiger partial charge is 0.465 e. The molecule has 0 atom stereocenters. The van der Waals surface area contributed by atoms with Crippen LogP contribution in [0.3, 0.4) is 0 Å². The van der Waals surface area contributed by atoms with Gasteiger partial charge in [-0.1, -0.05) is 6.92 Å². The van der Waals surface area contributed by atoms with E-state index in [9.17, 15) is 0 Å². The van der Waals surface area contributed by atoms with E-state index in [4.69, 9.17) is 4.42 Å². The Kier molecular flexibility index (Phi) is 3.84. The molecule has 3 rings (SSSR count). The van der Waals surface area contributed by atoms with Gasteiger partial charge in [0.15, 0.2) is 0 Å². The highest BCUT2D eigenvalue weighted by atomic mass is 16.3. The molecule has 2 aromatic rings. The number of aromatic nitrogens is 3. The van der Waals surface area contributed by atoms with Crippen LogP contribution < -0.4 is 5.32 Å². The van der Waals surface area contributed by atoms with Crippen molar-refractivity contribution >= 4 is 0 Å². The second-order valence-corrected chi connectivity index (χ2v) is 5.23. The van der Waals surface area contributed by atoms with Gasteiger partial charge in [0, 0.05) is 25.2 Å². The molecule has 0 unspecified atom stereocenters. The maximum Gasteiger partial charge on any atom is 0.147 e. The lowest BCUT2D eigenvalue weighted by molar-refractivity contribution is 0.193. The normalized spacial score (nSPS) is 15.5. The Hall–Kier alpha value is -1.66. The molecule has 0 fully saturated rings. The number of hydrogen-bond acceptors (Lipinski definition) is 5. The fraction of sp³-hybridized carbons (Fsp3) is 0.571. The second-order valence-electron chi connectivity index (χ2n) is 5.23. The number of nitrogens with zero attached hydrogens (tertiary/aromatic N) is 4. The number of aryl methyl sites for hydroxylation is 1. The van der Waals surface area contributed by atoms with Crippen molar-refractivity contribution in [3.8, 4) is 0 Å². The number of nitrogens with one attached hydrogen (secondary N) is 1. The third-order valence-corrected chi connectivity index (χ3v) is 3.73. The van der Waals surface area contributed by atoms with Gasteiger partial charge in [0.2, 0.25) is 0 Å². The van der Waals surface area contributed by atoms with E-state index >= 15 is 0 Å². The standard InChI is InChI=1S/C14H21N5O/c1-3-15-7-12-6-13(20-11(12)2)8-18-4-5-19-10-16-17-14(19)9-18/h6,10,15H,3-5,7-9H2,1-2H3. The smallest absolute Gasteiger partial charge is 0.147 e. The molecular formula is C14H21N5O. The summed E-state index contributed by atoms with van der Waals surface area (Å²) in [4.78, 5) is 2.35. The molecule has 6 nitrogen and oxygen atoms in total. The van der Waals surface area contributed by atoms with Crippen LogP contribution in [0, 0.1) is 6.92 Å². The molecule has 20 heavy (non-hydrogen) atoms. The Bertz CT molecular complexity index is 574. The van der Waals surface area contributed by atoms with E-state index in [1.807, 2.05) is 6.92 Å². The highest BCUT2D eigenvalue weighted by Gasteiger charge is 2.19. The Morgan fingerprint density at radius 3 is 3.15 bits per heavy atom. The van der Waals surface area contributed by atoms with Crippen LogP contribution in [0.25, 0.3) is 0 Å². The van der Waals surface area contributed by atoms with Crippen LogP contribution in [-0.2, 0) is 26.2 Å². The lowest BCUT2D eigenvalue weighted by atomic mass is 10.2. The fourth-order valence-corrected chi connectivity index (χ4v) is 2.57. The van der Waals surface area contributed by atoms with Crippen LogP contribution in [-0.4, -0.2) is 32.8 Å². The second kappa shape index (κ2) is 5.76. The van der Waals surface area contributed by atoms with Crippen LogP contribution in [0.5, 0.6) is 0 Å². The first-order valence-electron chi connectivity index (χ1n) is 7.14. The van der Waals surface area contributed by atoms with Crippen molar-refractivity contribution in [2.45, 2.75) is 40.0 Å². The molecule has 0 aliphatic carbocycles. The predicted molar refractivity (Wildman–Crippen MR) is 75.0 cm³/mol. The molecule has 1 aliphatic heterocycles. The molecule has 0 bridgehead atoms. The summed E-state index contributed by atoms with van der Waals surface area (Å²) in [6.45, 7) is 9.62. The van der Waals surface area contributed by atoms with E-state index < -0.39 is 0 Å². The first-order chi connectivity index (χ1) is 9.76. The topological polar surface area (TPSA) is 59.1 Å². The van der Waals surface area contributed by atoms with Crippen molar-refractivity contribution in [2.24, 2.45) is 0 Å². The van der Waals surface area contributed by atoms with Gasteiger partial charge in [0.25, 0.3) is 0 Å². The van der Waals surface area contributed by atoms with Gasteiger partial charge in [-0.2, -0.15) is 0 Å². The molecule has 0 spiro atoms. The van der Waals surface area contributed by atoms with E-state index in [-0.39, 0.29) is 0 Å². The molecule has 3 heterocycles. The minimum atomic E-state index is 0.833. The number of rotatable bonds is 5. The summed E-state index contributed by atoms with van der Waals surface area (Å²) in [5.74, 6) is 3.08. The summed E-state index contributed by atoms with van der Waals surface area (Å²) in [7, 11) is 0. The first-order valence-corrected chi connectivity index (χ1v) is 7.14. The van der Waals surface area contributed by atoms with E-state index in [1.165, 1.54) is 5.56 Å². The van der Waals surface area contributed by atoms with Gasteiger partial charge >= 0.3 is 0 Å². The van der Waals surface area contributed by atoms with E-state index in [2.05, 4.69) is 38.0 Å². The highest BCUT2D eigenvalue weighted by molar-refractivity contribution is 5.20. The third kappa shape index (κ3) is 2.76. The average Bonchev–Trinajstić information content (AvgIpc) is 3.03. The number of furan rings is 1. The molecule has 1 aliphatic rings. The van der Waals surface area contributed by atoms with Gasteiger partial charge in [-0.05, 0) is 19.5 Å². The van der Waals surface area contributed by atoms with Gasteiger partial charge in [-0.15, -0.1) is 10.2 Å². The molecule has 0 saturated carbocycles. The van der Waals surface area contributed by atoms with Gasteiger partial charge in [0.1, 0.15) is 23.7 Å². The summed E-state index contributed by atoms with van der Waals surface area (Å²) in [6.07, 6.45) is 1.80. The van der Waals surface area contributed by atoms with Gasteiger partial charge in [-0.3, -0.25) is 4.90 Å². The van der Waals surface area contributed by atoms with Crippen molar-refractivity contribution in [1.82, 2.24) is 25.0 Å². The zero-order valence-electron chi connectivity index (χ0n) is 12.1. The van der Waals surface area contributed by atoms with Crippen molar-refractivity contribution < 1.29 is 4.42 Å². The zero-order chi connectivity index (χ0) is 13.9. The van der Waals surface area contributed by atoms with Crippen LogP contribution in [0.1, 0.15) is 29.8 Å². The van der Waals surface area contributed by atoms with Crippen LogP contribution in [0.15, 0.2) is 16.8 Å². The van der Waals surface area contributed by atoms with Crippen LogP contribution in [0.2, 0.25) is 0 Å². The van der Waals surface area contributed by atoms with E-state index in [0.717, 1.165) is 56.6 Å². The van der Waals surface area contributed by atoms with Crippen LogP contribution >= 0.6 is 0 Å². The summed E-state index contributed by atoms with van der Waals surface area (Å²) in [5.41, 5.74) is 1.25. The molecule has 0 saturated heterocycles. The Morgan fingerprint density at radius 2 is 2.30 bits per heavy atom. The van der Waals surface area contributed by atoms with Gasteiger partial charge in [-0.25, -0.2) is 0 Å². The molecule has 2 aromatic heterocycles. The molecule has 0 amide bonds.